The average Bonchev–Trinajstić information content (AvgIpc) is 2.82. The summed E-state index contributed by atoms with van der Waals surface area (Å²) in [5.41, 5.74) is 6.66. The summed E-state index contributed by atoms with van der Waals surface area (Å²) in [6, 6.07) is 5.55. The van der Waals surface area contributed by atoms with Crippen molar-refractivity contribution >= 4 is 32.4 Å². The molecule has 1 heterocycles. The molecule has 1 saturated carbocycles. The molecule has 2 unspecified atom stereocenters. The van der Waals surface area contributed by atoms with Crippen LogP contribution in [0, 0.1) is 0 Å². The van der Waals surface area contributed by atoms with Gasteiger partial charge in [-0.2, -0.15) is 0 Å². The number of nitrogens with two attached hydrogens (primary N) is 1. The standard InChI is InChI=1S/C16H22BrNO2S/c17-12-4-5-15(14(18)10-12)21(19)11-13-6-9-16(20-13)7-2-1-3-8-16/h4-5,10,13H,1-3,6-9,11,18H2. The summed E-state index contributed by atoms with van der Waals surface area (Å²) in [5.74, 6) is 0.563. The van der Waals surface area contributed by atoms with Crippen molar-refractivity contribution in [2.24, 2.45) is 0 Å². The highest BCUT2D eigenvalue weighted by Gasteiger charge is 2.41. The van der Waals surface area contributed by atoms with E-state index < -0.39 is 10.8 Å². The monoisotopic (exact) mass is 371 g/mol. The number of benzene rings is 1. The van der Waals surface area contributed by atoms with Crippen LogP contribution in [0.15, 0.2) is 27.6 Å². The van der Waals surface area contributed by atoms with Gasteiger partial charge in [-0.05, 0) is 43.9 Å². The topological polar surface area (TPSA) is 52.3 Å². The van der Waals surface area contributed by atoms with E-state index in [2.05, 4.69) is 15.9 Å². The summed E-state index contributed by atoms with van der Waals surface area (Å²) in [5, 5.41) is 0. The Labute approximate surface area is 137 Å². The van der Waals surface area contributed by atoms with Crippen LogP contribution in [0.4, 0.5) is 5.69 Å². The molecule has 0 aromatic heterocycles. The molecule has 2 N–H and O–H groups in total. The van der Waals surface area contributed by atoms with Gasteiger partial charge >= 0.3 is 0 Å². The van der Waals surface area contributed by atoms with Crippen molar-refractivity contribution in [1.29, 1.82) is 0 Å². The summed E-state index contributed by atoms with van der Waals surface area (Å²) < 4.78 is 19.8. The number of nitrogen functional groups attached to an aromatic ring is 1. The molecule has 2 aliphatic rings. The van der Waals surface area contributed by atoms with Gasteiger partial charge in [-0.15, -0.1) is 0 Å². The zero-order valence-corrected chi connectivity index (χ0v) is 14.5. The Hall–Kier alpha value is -0.390. The fourth-order valence-corrected chi connectivity index (χ4v) is 5.23. The van der Waals surface area contributed by atoms with Crippen LogP contribution in [0.3, 0.4) is 0 Å². The number of rotatable bonds is 3. The lowest BCUT2D eigenvalue weighted by atomic mass is 9.83. The summed E-state index contributed by atoms with van der Waals surface area (Å²) >= 11 is 3.38. The Bertz CT molecular complexity index is 543. The first-order chi connectivity index (χ1) is 10.1. The number of hydrogen-bond acceptors (Lipinski definition) is 3. The summed E-state index contributed by atoms with van der Waals surface area (Å²) in [6.07, 6.45) is 8.51. The molecule has 0 bridgehead atoms. The van der Waals surface area contributed by atoms with Crippen LogP contribution in [-0.2, 0) is 15.5 Å². The molecule has 2 fully saturated rings. The van der Waals surface area contributed by atoms with Crippen LogP contribution >= 0.6 is 15.9 Å². The zero-order chi connectivity index (χ0) is 14.9. The molecule has 2 atom stereocenters. The second-order valence-electron chi connectivity index (χ2n) is 6.22. The predicted octanol–water partition coefficient (Wildman–Crippen LogP) is 4.02. The number of ether oxygens (including phenoxy) is 1. The molecule has 116 valence electrons. The molecule has 1 saturated heterocycles. The van der Waals surface area contributed by atoms with E-state index in [4.69, 9.17) is 10.5 Å². The lowest BCUT2D eigenvalue weighted by Crippen LogP contribution is -2.32. The van der Waals surface area contributed by atoms with E-state index in [0.29, 0.717) is 11.4 Å². The molecule has 1 aromatic rings. The number of anilines is 1. The van der Waals surface area contributed by atoms with Crippen LogP contribution < -0.4 is 5.73 Å². The van der Waals surface area contributed by atoms with E-state index in [0.717, 1.165) is 22.2 Å². The van der Waals surface area contributed by atoms with Gasteiger partial charge in [0.2, 0.25) is 0 Å². The van der Waals surface area contributed by atoms with Crippen molar-refractivity contribution in [3.05, 3.63) is 22.7 Å². The van der Waals surface area contributed by atoms with Crippen molar-refractivity contribution in [1.82, 2.24) is 0 Å². The van der Waals surface area contributed by atoms with Crippen LogP contribution in [-0.4, -0.2) is 21.7 Å². The SMILES string of the molecule is Nc1cc(Br)ccc1S(=O)CC1CCC2(CCCCC2)O1. The highest BCUT2D eigenvalue weighted by Crippen LogP contribution is 2.42. The van der Waals surface area contributed by atoms with Gasteiger partial charge in [-0.25, -0.2) is 0 Å². The lowest BCUT2D eigenvalue weighted by molar-refractivity contribution is -0.0557. The first kappa shape index (κ1) is 15.5. The van der Waals surface area contributed by atoms with Crippen LogP contribution in [0.1, 0.15) is 44.9 Å². The van der Waals surface area contributed by atoms with Crippen LogP contribution in [0.2, 0.25) is 0 Å². The van der Waals surface area contributed by atoms with Crippen molar-refractivity contribution in [2.75, 3.05) is 11.5 Å². The predicted molar refractivity (Wildman–Crippen MR) is 89.8 cm³/mol. The number of hydrogen-bond donors (Lipinski definition) is 1. The van der Waals surface area contributed by atoms with Crippen molar-refractivity contribution in [2.45, 2.75) is 61.5 Å². The summed E-state index contributed by atoms with van der Waals surface area (Å²) in [7, 11) is -1.09. The third kappa shape index (κ3) is 3.51. The first-order valence-electron chi connectivity index (χ1n) is 7.69. The minimum Gasteiger partial charge on any atom is -0.398 e. The Morgan fingerprint density at radius 1 is 1.29 bits per heavy atom. The molecule has 21 heavy (non-hydrogen) atoms. The van der Waals surface area contributed by atoms with E-state index in [1.807, 2.05) is 18.2 Å². The second-order valence-corrected chi connectivity index (χ2v) is 8.60. The van der Waals surface area contributed by atoms with E-state index in [9.17, 15) is 4.21 Å². The largest absolute Gasteiger partial charge is 0.398 e. The van der Waals surface area contributed by atoms with Gasteiger partial charge in [0, 0.05) is 10.2 Å². The Kier molecular flexibility index (Phi) is 4.71. The van der Waals surface area contributed by atoms with E-state index >= 15 is 0 Å². The highest BCUT2D eigenvalue weighted by molar-refractivity contribution is 9.10. The normalized spacial score (nSPS) is 26.0. The van der Waals surface area contributed by atoms with Gasteiger partial charge in [0.25, 0.3) is 0 Å². The smallest absolute Gasteiger partial charge is 0.0702 e. The fraction of sp³-hybridized carbons (Fsp3) is 0.625. The van der Waals surface area contributed by atoms with Crippen LogP contribution in [0.25, 0.3) is 0 Å². The second kappa shape index (κ2) is 6.39. The molecule has 3 rings (SSSR count). The minimum atomic E-state index is -1.09. The van der Waals surface area contributed by atoms with Gasteiger partial charge in [0.15, 0.2) is 0 Å². The quantitative estimate of drug-likeness (QED) is 0.816. The molecule has 1 spiro atoms. The zero-order valence-electron chi connectivity index (χ0n) is 12.1. The molecule has 3 nitrogen and oxygen atoms in total. The van der Waals surface area contributed by atoms with Gasteiger partial charge in [-0.3, -0.25) is 4.21 Å². The summed E-state index contributed by atoms with van der Waals surface area (Å²) in [6.45, 7) is 0. The Morgan fingerprint density at radius 3 is 2.76 bits per heavy atom. The van der Waals surface area contributed by atoms with E-state index in [1.165, 1.54) is 32.1 Å². The van der Waals surface area contributed by atoms with Gasteiger partial charge in [0.05, 0.1) is 33.2 Å². The average molecular weight is 372 g/mol. The molecular weight excluding hydrogens is 350 g/mol. The maximum absolute atomic E-state index is 12.5. The minimum absolute atomic E-state index is 0.0956. The van der Waals surface area contributed by atoms with E-state index in [1.54, 1.807) is 0 Å². The van der Waals surface area contributed by atoms with Gasteiger partial charge < -0.3 is 10.5 Å². The maximum Gasteiger partial charge on any atom is 0.0702 e. The summed E-state index contributed by atoms with van der Waals surface area (Å²) in [4.78, 5) is 0.728. The van der Waals surface area contributed by atoms with Crippen molar-refractivity contribution in [3.63, 3.8) is 0 Å². The molecule has 1 aromatic carbocycles. The third-order valence-electron chi connectivity index (χ3n) is 4.66. The third-order valence-corrected chi connectivity index (χ3v) is 6.69. The fourth-order valence-electron chi connectivity index (χ4n) is 3.56. The molecular formula is C16H22BrNO2S. The molecule has 0 amide bonds. The van der Waals surface area contributed by atoms with Crippen LogP contribution in [0.5, 0.6) is 0 Å². The maximum atomic E-state index is 12.5. The lowest BCUT2D eigenvalue weighted by Gasteiger charge is -2.33. The number of halogens is 1. The van der Waals surface area contributed by atoms with Crippen molar-refractivity contribution < 1.29 is 8.95 Å². The molecule has 0 radical (unpaired) electrons. The van der Waals surface area contributed by atoms with Gasteiger partial charge in [-0.1, -0.05) is 35.2 Å². The first-order valence-corrected chi connectivity index (χ1v) is 9.80. The Balaban J connectivity index is 1.63. The van der Waals surface area contributed by atoms with Gasteiger partial charge in [0.1, 0.15) is 0 Å². The highest BCUT2D eigenvalue weighted by atomic mass is 79.9. The van der Waals surface area contributed by atoms with E-state index in [-0.39, 0.29) is 11.7 Å². The molecule has 1 aliphatic heterocycles. The molecule has 5 heteroatoms. The Morgan fingerprint density at radius 2 is 2.05 bits per heavy atom. The van der Waals surface area contributed by atoms with Crippen molar-refractivity contribution in [3.8, 4) is 0 Å². The molecule has 1 aliphatic carbocycles.